The van der Waals surface area contributed by atoms with Gasteiger partial charge >= 0.3 is 0 Å². The van der Waals surface area contributed by atoms with Gasteiger partial charge in [0.15, 0.2) is 0 Å². The van der Waals surface area contributed by atoms with Crippen LogP contribution >= 0.6 is 0 Å². The molecule has 0 spiro atoms. The van der Waals surface area contributed by atoms with Crippen LogP contribution in [0.15, 0.2) is 47.3 Å². The molecule has 1 unspecified atom stereocenters. The van der Waals surface area contributed by atoms with Gasteiger partial charge in [-0.3, -0.25) is 9.59 Å². The minimum absolute atomic E-state index is 0.00644. The summed E-state index contributed by atoms with van der Waals surface area (Å²) in [6.45, 7) is 0.740. The van der Waals surface area contributed by atoms with Crippen LogP contribution in [-0.4, -0.2) is 41.5 Å². The number of fused-ring (bicyclic) bond motifs is 1. The van der Waals surface area contributed by atoms with Crippen LogP contribution in [0.3, 0.4) is 0 Å². The lowest BCUT2D eigenvalue weighted by atomic mass is 10.0. The van der Waals surface area contributed by atoms with Crippen LogP contribution in [0.1, 0.15) is 43.1 Å². The number of hydrogen-bond donors (Lipinski definition) is 1. The summed E-state index contributed by atoms with van der Waals surface area (Å²) in [6, 6.07) is 13.0. The van der Waals surface area contributed by atoms with Gasteiger partial charge in [0.2, 0.25) is 5.91 Å². The first-order valence-corrected chi connectivity index (χ1v) is 10.6. The van der Waals surface area contributed by atoms with Crippen molar-refractivity contribution < 1.29 is 14.3 Å². The number of aromatic nitrogens is 2. The van der Waals surface area contributed by atoms with Gasteiger partial charge in [0.05, 0.1) is 31.2 Å². The highest BCUT2D eigenvalue weighted by atomic mass is 16.5. The number of H-pyrrole nitrogens is 1. The van der Waals surface area contributed by atoms with E-state index >= 15 is 0 Å². The van der Waals surface area contributed by atoms with Crippen LogP contribution in [-0.2, 0) is 11.2 Å². The normalized spacial score (nSPS) is 15.9. The Morgan fingerprint density at radius 2 is 2.03 bits per heavy atom. The molecule has 7 heteroatoms. The number of hydrogen-bond acceptors (Lipinski definition) is 5. The summed E-state index contributed by atoms with van der Waals surface area (Å²) in [7, 11) is 3.26. The Balaban J connectivity index is 1.42. The predicted molar refractivity (Wildman–Crippen MR) is 119 cm³/mol. The molecule has 0 saturated carbocycles. The molecular formula is C24H27N3O4. The Morgan fingerprint density at radius 3 is 2.84 bits per heavy atom. The van der Waals surface area contributed by atoms with Crippen molar-refractivity contribution in [2.75, 3.05) is 20.8 Å². The molecule has 1 saturated heterocycles. The molecule has 162 valence electrons. The first kappa shape index (κ1) is 20.9. The largest absolute Gasteiger partial charge is 0.497 e. The Bertz CT molecular complexity index is 1140. The number of amides is 1. The number of ether oxygens (including phenoxy) is 2. The van der Waals surface area contributed by atoms with Crippen molar-refractivity contribution in [3.8, 4) is 11.5 Å². The zero-order valence-corrected chi connectivity index (χ0v) is 17.9. The molecule has 2 aromatic carbocycles. The van der Waals surface area contributed by atoms with Crippen molar-refractivity contribution in [3.63, 3.8) is 0 Å². The fraction of sp³-hybridized carbons (Fsp3) is 0.375. The van der Waals surface area contributed by atoms with E-state index < -0.39 is 0 Å². The summed E-state index contributed by atoms with van der Waals surface area (Å²) in [5, 5.41) is 0.579. The molecule has 0 bridgehead atoms. The van der Waals surface area contributed by atoms with Crippen LogP contribution in [0, 0.1) is 0 Å². The quantitative estimate of drug-likeness (QED) is 0.630. The van der Waals surface area contributed by atoms with Crippen molar-refractivity contribution in [3.05, 3.63) is 64.2 Å². The highest BCUT2D eigenvalue weighted by molar-refractivity contribution is 5.78. The Kier molecular flexibility index (Phi) is 6.21. The third kappa shape index (κ3) is 4.40. The molecule has 1 aromatic heterocycles. The molecule has 2 heterocycles. The zero-order valence-electron chi connectivity index (χ0n) is 17.9. The maximum Gasteiger partial charge on any atom is 0.258 e. The van der Waals surface area contributed by atoms with Gasteiger partial charge in [-0.15, -0.1) is 0 Å². The standard InChI is InChI=1S/C24H27N3O4/c1-30-16-12-13-18(21(15-16)31-2)20-9-6-14-27(20)23(28)11-5-10-22-25-19-8-4-3-7-17(19)24(29)26-22/h3-4,7-8,12-13,15,20H,5-6,9-11,14H2,1-2H3,(H,25,26,29). The average molecular weight is 421 g/mol. The number of aromatic amines is 1. The van der Waals surface area contributed by atoms with Gasteiger partial charge in [0.1, 0.15) is 17.3 Å². The van der Waals surface area contributed by atoms with E-state index in [0.29, 0.717) is 36.0 Å². The van der Waals surface area contributed by atoms with Crippen molar-refractivity contribution in [1.82, 2.24) is 14.9 Å². The SMILES string of the molecule is COc1ccc(C2CCCN2C(=O)CCCc2nc3ccccc3c(=O)[nH]2)c(OC)c1. The van der Waals surface area contributed by atoms with E-state index in [9.17, 15) is 9.59 Å². The van der Waals surface area contributed by atoms with Gasteiger partial charge in [0, 0.05) is 31.0 Å². The number of likely N-dealkylation sites (tertiary alicyclic amines) is 1. The number of carbonyl (C=O) groups excluding carboxylic acids is 1. The van der Waals surface area contributed by atoms with Crippen LogP contribution < -0.4 is 15.0 Å². The molecule has 1 atom stereocenters. The lowest BCUT2D eigenvalue weighted by Crippen LogP contribution is -2.30. The summed E-state index contributed by atoms with van der Waals surface area (Å²) in [4.78, 5) is 34.5. The second-order valence-corrected chi connectivity index (χ2v) is 7.74. The van der Waals surface area contributed by atoms with Crippen LogP contribution in [0.5, 0.6) is 11.5 Å². The number of carbonyl (C=O) groups is 1. The van der Waals surface area contributed by atoms with E-state index in [1.54, 1.807) is 20.3 Å². The third-order valence-corrected chi connectivity index (χ3v) is 5.84. The predicted octanol–water partition coefficient (Wildman–Crippen LogP) is 3.63. The lowest BCUT2D eigenvalue weighted by Gasteiger charge is -2.26. The summed E-state index contributed by atoms with van der Waals surface area (Å²) >= 11 is 0. The van der Waals surface area contributed by atoms with Crippen LogP contribution in [0.2, 0.25) is 0 Å². The Morgan fingerprint density at radius 1 is 1.19 bits per heavy atom. The van der Waals surface area contributed by atoms with Crippen molar-refractivity contribution in [2.45, 2.75) is 38.1 Å². The van der Waals surface area contributed by atoms with E-state index in [0.717, 1.165) is 36.4 Å². The Hall–Kier alpha value is -3.35. The van der Waals surface area contributed by atoms with Gasteiger partial charge in [-0.1, -0.05) is 12.1 Å². The van der Waals surface area contributed by atoms with Crippen LogP contribution in [0.4, 0.5) is 0 Å². The van der Waals surface area contributed by atoms with Crippen molar-refractivity contribution in [2.24, 2.45) is 0 Å². The summed E-state index contributed by atoms with van der Waals surface area (Å²) < 4.78 is 10.8. The molecule has 1 fully saturated rings. The topological polar surface area (TPSA) is 84.5 Å². The summed E-state index contributed by atoms with van der Waals surface area (Å²) in [5.41, 5.74) is 1.55. The molecule has 1 N–H and O–H groups in total. The second-order valence-electron chi connectivity index (χ2n) is 7.74. The first-order chi connectivity index (χ1) is 15.1. The molecule has 4 rings (SSSR count). The third-order valence-electron chi connectivity index (χ3n) is 5.84. The second kappa shape index (κ2) is 9.20. The highest BCUT2D eigenvalue weighted by Crippen LogP contribution is 2.39. The van der Waals surface area contributed by atoms with Gasteiger partial charge < -0.3 is 19.4 Å². The summed E-state index contributed by atoms with van der Waals surface area (Å²) in [5.74, 6) is 2.20. The van der Waals surface area contributed by atoms with Gasteiger partial charge in [0.25, 0.3) is 5.56 Å². The van der Waals surface area contributed by atoms with Crippen molar-refractivity contribution in [1.29, 1.82) is 0 Å². The summed E-state index contributed by atoms with van der Waals surface area (Å²) in [6.07, 6.45) is 3.46. The average Bonchev–Trinajstić information content (AvgIpc) is 3.28. The molecule has 3 aromatic rings. The van der Waals surface area contributed by atoms with Crippen molar-refractivity contribution >= 4 is 16.8 Å². The molecular weight excluding hydrogens is 394 g/mol. The fourth-order valence-electron chi connectivity index (χ4n) is 4.29. The van der Waals surface area contributed by atoms with Crippen LogP contribution in [0.25, 0.3) is 10.9 Å². The smallest absolute Gasteiger partial charge is 0.258 e. The van der Waals surface area contributed by atoms with E-state index in [-0.39, 0.29) is 17.5 Å². The minimum Gasteiger partial charge on any atom is -0.497 e. The highest BCUT2D eigenvalue weighted by Gasteiger charge is 2.31. The molecule has 1 aliphatic heterocycles. The number of aryl methyl sites for hydroxylation is 1. The maximum atomic E-state index is 13.0. The monoisotopic (exact) mass is 421 g/mol. The number of rotatable bonds is 7. The molecule has 1 aliphatic rings. The van der Waals surface area contributed by atoms with Gasteiger partial charge in [-0.2, -0.15) is 0 Å². The number of benzene rings is 2. The number of para-hydroxylation sites is 1. The first-order valence-electron chi connectivity index (χ1n) is 10.6. The number of nitrogens with one attached hydrogen (secondary N) is 1. The molecule has 31 heavy (non-hydrogen) atoms. The number of methoxy groups -OCH3 is 2. The van der Waals surface area contributed by atoms with E-state index in [2.05, 4.69) is 9.97 Å². The number of nitrogens with zero attached hydrogens (tertiary/aromatic N) is 2. The minimum atomic E-state index is -0.141. The van der Waals surface area contributed by atoms with Gasteiger partial charge in [-0.05, 0) is 43.5 Å². The van der Waals surface area contributed by atoms with E-state index in [1.165, 1.54) is 0 Å². The maximum absolute atomic E-state index is 13.0. The molecule has 0 aliphatic carbocycles. The fourth-order valence-corrected chi connectivity index (χ4v) is 4.29. The lowest BCUT2D eigenvalue weighted by molar-refractivity contribution is -0.132. The Labute approximate surface area is 181 Å². The molecule has 0 radical (unpaired) electrons. The molecule has 7 nitrogen and oxygen atoms in total. The molecule has 1 amide bonds. The van der Waals surface area contributed by atoms with E-state index in [1.807, 2.05) is 41.3 Å². The zero-order chi connectivity index (χ0) is 21.8. The van der Waals surface area contributed by atoms with Gasteiger partial charge in [-0.25, -0.2) is 4.98 Å². The van der Waals surface area contributed by atoms with E-state index in [4.69, 9.17) is 9.47 Å².